The molecule has 10 heteroatoms. The first kappa shape index (κ1) is 25.7. The van der Waals surface area contributed by atoms with Gasteiger partial charge in [0.2, 0.25) is 0 Å². The summed E-state index contributed by atoms with van der Waals surface area (Å²) < 4.78 is 0. The lowest BCUT2D eigenvalue weighted by atomic mass is 9.84. The van der Waals surface area contributed by atoms with Gasteiger partial charge in [-0.25, -0.2) is 19.2 Å². The third-order valence-corrected chi connectivity index (χ3v) is 6.79. The molecule has 0 bridgehead atoms. The van der Waals surface area contributed by atoms with Crippen molar-refractivity contribution in [2.75, 3.05) is 11.5 Å². The molecule has 198 valence electrons. The number of carboxylic acid groups (broad SMARTS) is 4. The SMILES string of the molecule is Nc1c(C(=O)O)cc(-c2c3ccccc3c(-c3cc(C(=O)O)c(N)c(C(=O)O)c3)c3ccccc23)cc1C(=O)O. The van der Waals surface area contributed by atoms with Crippen LogP contribution in [0.4, 0.5) is 11.4 Å². The average molecular weight is 536 g/mol. The number of aromatic carboxylic acids is 4. The first-order valence-corrected chi connectivity index (χ1v) is 11.8. The second-order valence-electron chi connectivity index (χ2n) is 9.03. The van der Waals surface area contributed by atoms with Gasteiger partial charge < -0.3 is 31.9 Å². The van der Waals surface area contributed by atoms with Gasteiger partial charge in [0.15, 0.2) is 0 Å². The van der Waals surface area contributed by atoms with Gasteiger partial charge in [-0.1, -0.05) is 48.5 Å². The van der Waals surface area contributed by atoms with E-state index in [9.17, 15) is 39.6 Å². The molecule has 0 heterocycles. The lowest BCUT2D eigenvalue weighted by molar-refractivity contribution is 0.0678. The summed E-state index contributed by atoms with van der Waals surface area (Å²) >= 11 is 0. The van der Waals surface area contributed by atoms with Gasteiger partial charge in [-0.2, -0.15) is 0 Å². The number of carbonyl (C=O) groups is 4. The van der Waals surface area contributed by atoms with Crippen molar-refractivity contribution in [2.24, 2.45) is 0 Å². The molecule has 0 saturated heterocycles. The highest BCUT2D eigenvalue weighted by atomic mass is 16.4. The Bertz CT molecular complexity index is 1680. The Balaban J connectivity index is 1.98. The third kappa shape index (κ3) is 4.00. The number of nitrogen functional groups attached to an aromatic ring is 2. The van der Waals surface area contributed by atoms with Crippen LogP contribution in [0.25, 0.3) is 43.8 Å². The van der Waals surface area contributed by atoms with E-state index in [2.05, 4.69) is 0 Å². The van der Waals surface area contributed by atoms with Gasteiger partial charge >= 0.3 is 23.9 Å². The Morgan fingerprint density at radius 2 is 0.675 bits per heavy atom. The smallest absolute Gasteiger partial charge is 0.337 e. The summed E-state index contributed by atoms with van der Waals surface area (Å²) in [6.45, 7) is 0. The number of fused-ring (bicyclic) bond motifs is 2. The molecule has 0 amide bonds. The zero-order valence-electron chi connectivity index (χ0n) is 20.5. The number of benzene rings is 5. The van der Waals surface area contributed by atoms with E-state index >= 15 is 0 Å². The molecule has 0 aliphatic carbocycles. The Morgan fingerprint density at radius 3 is 0.875 bits per heavy atom. The molecule has 0 fully saturated rings. The molecule has 0 saturated carbocycles. The van der Waals surface area contributed by atoms with Crippen LogP contribution in [-0.4, -0.2) is 44.3 Å². The fourth-order valence-corrected chi connectivity index (χ4v) is 5.05. The summed E-state index contributed by atoms with van der Waals surface area (Å²) in [5.41, 5.74) is 11.1. The topological polar surface area (TPSA) is 201 Å². The predicted octanol–water partition coefficient (Wildman–Crippen LogP) is 5.28. The Labute approximate surface area is 225 Å². The highest BCUT2D eigenvalue weighted by Gasteiger charge is 2.24. The minimum Gasteiger partial charge on any atom is -0.478 e. The molecule has 5 aromatic rings. The van der Waals surface area contributed by atoms with Crippen LogP contribution in [0, 0.1) is 0 Å². The van der Waals surface area contributed by atoms with Gasteiger partial charge in [-0.3, -0.25) is 0 Å². The molecule has 0 aliphatic heterocycles. The van der Waals surface area contributed by atoms with Crippen molar-refractivity contribution in [3.05, 3.63) is 95.1 Å². The monoisotopic (exact) mass is 536 g/mol. The lowest BCUT2D eigenvalue weighted by Gasteiger charge is -2.19. The summed E-state index contributed by atoms with van der Waals surface area (Å²) in [6, 6.07) is 19.2. The number of hydrogen-bond acceptors (Lipinski definition) is 6. The number of anilines is 2. The summed E-state index contributed by atoms with van der Waals surface area (Å²) in [5.74, 6) is -5.57. The Morgan fingerprint density at radius 1 is 0.450 bits per heavy atom. The maximum Gasteiger partial charge on any atom is 0.337 e. The van der Waals surface area contributed by atoms with Crippen molar-refractivity contribution in [3.63, 3.8) is 0 Å². The molecule has 8 N–H and O–H groups in total. The number of rotatable bonds is 6. The van der Waals surface area contributed by atoms with Gasteiger partial charge in [-0.05, 0) is 68.1 Å². The number of hydrogen-bond donors (Lipinski definition) is 6. The van der Waals surface area contributed by atoms with Gasteiger partial charge in [0.25, 0.3) is 0 Å². The zero-order chi connectivity index (χ0) is 28.9. The fraction of sp³-hybridized carbons (Fsp3) is 0. The first-order chi connectivity index (χ1) is 19.0. The van der Waals surface area contributed by atoms with E-state index in [1.807, 2.05) is 0 Å². The van der Waals surface area contributed by atoms with Crippen LogP contribution in [0.15, 0.2) is 72.8 Å². The van der Waals surface area contributed by atoms with Crippen LogP contribution in [0.1, 0.15) is 41.4 Å². The standard InChI is InChI=1S/C30H20N2O8/c31-25-19(27(33)34)9-13(10-20(25)28(35)36)23-15-5-1-2-6-16(15)24(18-8-4-3-7-17(18)23)14-11-21(29(37)38)26(32)22(12-14)30(39)40/h1-12H,31-32H2,(H,33,34)(H,35,36)(H,37,38)(H,39,40). The van der Waals surface area contributed by atoms with Crippen LogP contribution in [0.2, 0.25) is 0 Å². The van der Waals surface area contributed by atoms with Crippen molar-refractivity contribution >= 4 is 56.8 Å². The van der Waals surface area contributed by atoms with Crippen LogP contribution in [-0.2, 0) is 0 Å². The van der Waals surface area contributed by atoms with E-state index in [-0.39, 0.29) is 44.8 Å². The molecule has 0 aromatic heterocycles. The summed E-state index contributed by atoms with van der Waals surface area (Å²) in [4.78, 5) is 47.9. The molecule has 5 aromatic carbocycles. The zero-order valence-corrected chi connectivity index (χ0v) is 20.5. The summed E-state index contributed by atoms with van der Waals surface area (Å²) in [7, 11) is 0. The molecule has 0 aliphatic rings. The van der Waals surface area contributed by atoms with E-state index in [0.717, 1.165) is 0 Å². The largest absolute Gasteiger partial charge is 0.478 e. The van der Waals surface area contributed by atoms with Crippen molar-refractivity contribution in [1.29, 1.82) is 0 Å². The molecule has 0 unspecified atom stereocenters. The average Bonchev–Trinajstić information content (AvgIpc) is 2.91. The van der Waals surface area contributed by atoms with Gasteiger partial charge in [-0.15, -0.1) is 0 Å². The summed E-state index contributed by atoms with van der Waals surface area (Å²) in [5, 5.41) is 41.3. The second kappa shape index (κ2) is 9.44. The molecule has 0 spiro atoms. The molecule has 0 radical (unpaired) electrons. The van der Waals surface area contributed by atoms with Crippen molar-refractivity contribution in [3.8, 4) is 22.3 Å². The van der Waals surface area contributed by atoms with Crippen LogP contribution >= 0.6 is 0 Å². The van der Waals surface area contributed by atoms with Gasteiger partial charge in [0.05, 0.1) is 33.6 Å². The molecule has 5 rings (SSSR count). The maximum atomic E-state index is 12.0. The van der Waals surface area contributed by atoms with Gasteiger partial charge in [0, 0.05) is 0 Å². The minimum absolute atomic E-state index is 0.290. The van der Waals surface area contributed by atoms with Crippen molar-refractivity contribution < 1.29 is 39.6 Å². The minimum atomic E-state index is -1.39. The van der Waals surface area contributed by atoms with Crippen LogP contribution < -0.4 is 11.5 Å². The van der Waals surface area contributed by atoms with Crippen molar-refractivity contribution in [2.45, 2.75) is 0 Å². The molecular formula is C30H20N2O8. The van der Waals surface area contributed by atoms with Crippen molar-refractivity contribution in [1.82, 2.24) is 0 Å². The molecule has 10 nitrogen and oxygen atoms in total. The lowest BCUT2D eigenvalue weighted by Crippen LogP contribution is -2.10. The normalized spacial score (nSPS) is 11.0. The second-order valence-corrected chi connectivity index (χ2v) is 9.03. The van der Waals surface area contributed by atoms with E-state index in [1.165, 1.54) is 24.3 Å². The fourth-order valence-electron chi connectivity index (χ4n) is 5.05. The Kier molecular flexibility index (Phi) is 6.08. The van der Waals surface area contributed by atoms with E-state index in [0.29, 0.717) is 32.7 Å². The van der Waals surface area contributed by atoms with Crippen LogP contribution in [0.3, 0.4) is 0 Å². The number of nitrogens with two attached hydrogens (primary N) is 2. The number of carboxylic acids is 4. The molecular weight excluding hydrogens is 516 g/mol. The first-order valence-electron chi connectivity index (χ1n) is 11.8. The molecule has 0 atom stereocenters. The van der Waals surface area contributed by atoms with E-state index in [1.54, 1.807) is 48.5 Å². The molecule has 40 heavy (non-hydrogen) atoms. The quantitative estimate of drug-likeness (QED) is 0.122. The van der Waals surface area contributed by atoms with E-state index in [4.69, 9.17) is 11.5 Å². The summed E-state index contributed by atoms with van der Waals surface area (Å²) in [6.07, 6.45) is 0. The van der Waals surface area contributed by atoms with E-state index < -0.39 is 23.9 Å². The Hall–Kier alpha value is -5.90. The highest BCUT2D eigenvalue weighted by molar-refractivity contribution is 6.22. The maximum absolute atomic E-state index is 12.0. The van der Waals surface area contributed by atoms with Crippen LogP contribution in [0.5, 0.6) is 0 Å². The highest BCUT2D eigenvalue weighted by Crippen LogP contribution is 2.45. The van der Waals surface area contributed by atoms with Gasteiger partial charge in [0.1, 0.15) is 0 Å². The predicted molar refractivity (Wildman–Crippen MR) is 149 cm³/mol. The third-order valence-electron chi connectivity index (χ3n) is 6.79.